The fourth-order valence-electron chi connectivity index (χ4n) is 4.26. The maximum atomic E-state index is 12.1. The van der Waals surface area contributed by atoms with Crippen LogP contribution in [0.5, 0.6) is 0 Å². The first-order valence-corrected chi connectivity index (χ1v) is 8.27. The summed E-state index contributed by atoms with van der Waals surface area (Å²) in [7, 11) is 0. The normalized spacial score (nSPS) is 37.2. The second kappa shape index (κ2) is 5.82. The fraction of sp³-hybridized carbons (Fsp3) is 0.938. The predicted octanol–water partition coefficient (Wildman–Crippen LogP) is 2.76. The van der Waals surface area contributed by atoms with Crippen molar-refractivity contribution in [1.82, 2.24) is 10.2 Å². The van der Waals surface area contributed by atoms with Crippen LogP contribution in [0.1, 0.15) is 58.3 Å². The topological polar surface area (TPSA) is 32.3 Å². The average Bonchev–Trinajstić information content (AvgIpc) is 3.03. The van der Waals surface area contributed by atoms with Gasteiger partial charge in [-0.05, 0) is 43.4 Å². The Kier molecular flexibility index (Phi) is 4.11. The zero-order chi connectivity index (χ0) is 13.2. The maximum Gasteiger partial charge on any atom is 0.237 e. The maximum absolute atomic E-state index is 12.1. The van der Waals surface area contributed by atoms with E-state index in [1.807, 2.05) is 0 Å². The van der Waals surface area contributed by atoms with Gasteiger partial charge in [-0.1, -0.05) is 32.6 Å². The molecule has 1 unspecified atom stereocenters. The van der Waals surface area contributed by atoms with Gasteiger partial charge in [0.1, 0.15) is 0 Å². The molecule has 1 N–H and O–H groups in total. The molecule has 0 aromatic carbocycles. The number of nitrogens with zero attached hydrogens (tertiary/aromatic N) is 1. The van der Waals surface area contributed by atoms with Crippen molar-refractivity contribution in [2.75, 3.05) is 13.1 Å². The lowest BCUT2D eigenvalue weighted by Crippen LogP contribution is -2.45. The molecule has 0 aromatic heterocycles. The van der Waals surface area contributed by atoms with Gasteiger partial charge in [0, 0.05) is 6.54 Å². The summed E-state index contributed by atoms with van der Waals surface area (Å²) < 4.78 is 0. The Morgan fingerprint density at radius 1 is 1.11 bits per heavy atom. The van der Waals surface area contributed by atoms with Crippen molar-refractivity contribution in [3.05, 3.63) is 0 Å². The molecule has 0 bridgehead atoms. The van der Waals surface area contributed by atoms with Gasteiger partial charge in [-0.25, -0.2) is 0 Å². The molecule has 2 aliphatic carbocycles. The van der Waals surface area contributed by atoms with Gasteiger partial charge in [0.2, 0.25) is 5.91 Å². The average molecular weight is 264 g/mol. The molecule has 1 heterocycles. The van der Waals surface area contributed by atoms with Gasteiger partial charge in [0.15, 0.2) is 0 Å². The molecule has 3 fully saturated rings. The van der Waals surface area contributed by atoms with Gasteiger partial charge in [-0.15, -0.1) is 0 Å². The summed E-state index contributed by atoms with van der Waals surface area (Å²) in [5.41, 5.74) is 0. The van der Waals surface area contributed by atoms with Gasteiger partial charge in [-0.2, -0.15) is 0 Å². The van der Waals surface area contributed by atoms with Crippen LogP contribution in [0, 0.1) is 17.8 Å². The molecule has 3 nitrogen and oxygen atoms in total. The molecule has 0 aromatic rings. The summed E-state index contributed by atoms with van der Waals surface area (Å²) in [6, 6.07) is 0. The Morgan fingerprint density at radius 3 is 2.47 bits per heavy atom. The van der Waals surface area contributed by atoms with E-state index < -0.39 is 0 Å². The van der Waals surface area contributed by atoms with E-state index in [4.69, 9.17) is 0 Å². The third-order valence-corrected chi connectivity index (χ3v) is 5.56. The lowest BCUT2D eigenvalue weighted by atomic mass is 9.82. The SMILES string of the molecule is CC1CCC(CN2C(=O)CNC2C2CCCC2)CC1. The molecular formula is C16H28N2O. The van der Waals surface area contributed by atoms with Crippen LogP contribution in [0.2, 0.25) is 0 Å². The third-order valence-electron chi connectivity index (χ3n) is 5.56. The fourth-order valence-corrected chi connectivity index (χ4v) is 4.26. The highest BCUT2D eigenvalue weighted by Crippen LogP contribution is 2.33. The minimum atomic E-state index is 0.343. The smallest absolute Gasteiger partial charge is 0.237 e. The summed E-state index contributed by atoms with van der Waals surface area (Å²) in [4.78, 5) is 14.3. The second-order valence-corrected chi connectivity index (χ2v) is 7.04. The van der Waals surface area contributed by atoms with Crippen LogP contribution in [0.4, 0.5) is 0 Å². The second-order valence-electron chi connectivity index (χ2n) is 7.04. The first-order valence-electron chi connectivity index (χ1n) is 8.27. The zero-order valence-corrected chi connectivity index (χ0v) is 12.2. The molecule has 3 rings (SSSR count). The van der Waals surface area contributed by atoms with Crippen LogP contribution in [-0.2, 0) is 4.79 Å². The monoisotopic (exact) mass is 264 g/mol. The molecular weight excluding hydrogens is 236 g/mol. The van der Waals surface area contributed by atoms with E-state index in [0.717, 1.165) is 18.4 Å². The van der Waals surface area contributed by atoms with Crippen LogP contribution < -0.4 is 5.32 Å². The van der Waals surface area contributed by atoms with Gasteiger partial charge in [0.25, 0.3) is 0 Å². The molecule has 3 aliphatic rings. The quantitative estimate of drug-likeness (QED) is 0.850. The highest BCUT2D eigenvalue weighted by Gasteiger charge is 2.38. The van der Waals surface area contributed by atoms with Crippen molar-refractivity contribution >= 4 is 5.91 Å². The van der Waals surface area contributed by atoms with Gasteiger partial charge in [-0.3, -0.25) is 10.1 Å². The Balaban J connectivity index is 1.58. The number of amides is 1. The van der Waals surface area contributed by atoms with Gasteiger partial charge in [0.05, 0.1) is 12.7 Å². The van der Waals surface area contributed by atoms with Crippen LogP contribution >= 0.6 is 0 Å². The number of carbonyl (C=O) groups excluding carboxylic acids is 1. The Morgan fingerprint density at radius 2 is 1.79 bits per heavy atom. The highest BCUT2D eigenvalue weighted by atomic mass is 16.2. The van der Waals surface area contributed by atoms with Crippen LogP contribution in [-0.4, -0.2) is 30.1 Å². The van der Waals surface area contributed by atoms with E-state index in [1.165, 1.54) is 51.4 Å². The van der Waals surface area contributed by atoms with E-state index in [0.29, 0.717) is 24.5 Å². The van der Waals surface area contributed by atoms with Crippen molar-refractivity contribution in [3.63, 3.8) is 0 Å². The lowest BCUT2D eigenvalue weighted by Gasteiger charge is -2.34. The first-order chi connectivity index (χ1) is 9.24. The summed E-state index contributed by atoms with van der Waals surface area (Å²) in [5, 5.41) is 3.47. The number of rotatable bonds is 3. The van der Waals surface area contributed by atoms with E-state index >= 15 is 0 Å². The molecule has 3 heteroatoms. The lowest BCUT2D eigenvalue weighted by molar-refractivity contribution is -0.129. The summed E-state index contributed by atoms with van der Waals surface area (Å²) in [5.74, 6) is 2.71. The van der Waals surface area contributed by atoms with Gasteiger partial charge < -0.3 is 4.90 Å². The molecule has 1 atom stereocenters. The first kappa shape index (κ1) is 13.4. The molecule has 19 heavy (non-hydrogen) atoms. The van der Waals surface area contributed by atoms with E-state index in [2.05, 4.69) is 17.1 Å². The van der Waals surface area contributed by atoms with Crippen LogP contribution in [0.15, 0.2) is 0 Å². The third kappa shape index (κ3) is 2.96. The number of hydrogen-bond acceptors (Lipinski definition) is 2. The highest BCUT2D eigenvalue weighted by molar-refractivity contribution is 5.80. The van der Waals surface area contributed by atoms with Crippen molar-refractivity contribution in [2.24, 2.45) is 17.8 Å². The van der Waals surface area contributed by atoms with Crippen LogP contribution in [0.25, 0.3) is 0 Å². The zero-order valence-electron chi connectivity index (χ0n) is 12.2. The molecule has 1 amide bonds. The summed E-state index contributed by atoms with van der Waals surface area (Å²) in [6.45, 7) is 3.95. The standard InChI is InChI=1S/C16H28N2O/c1-12-6-8-13(9-7-12)11-18-15(19)10-17-16(18)14-4-2-3-5-14/h12-14,16-17H,2-11H2,1H3. The summed E-state index contributed by atoms with van der Waals surface area (Å²) >= 11 is 0. The van der Waals surface area contributed by atoms with Crippen molar-refractivity contribution < 1.29 is 4.79 Å². The largest absolute Gasteiger partial charge is 0.325 e. The van der Waals surface area contributed by atoms with Gasteiger partial charge >= 0.3 is 0 Å². The summed E-state index contributed by atoms with van der Waals surface area (Å²) in [6.07, 6.45) is 11.0. The van der Waals surface area contributed by atoms with Crippen LogP contribution in [0.3, 0.4) is 0 Å². The Labute approximate surface area is 117 Å². The minimum Gasteiger partial charge on any atom is -0.325 e. The predicted molar refractivity (Wildman–Crippen MR) is 76.6 cm³/mol. The molecule has 2 saturated carbocycles. The minimum absolute atomic E-state index is 0.343. The molecule has 1 saturated heterocycles. The number of hydrogen-bond donors (Lipinski definition) is 1. The number of nitrogens with one attached hydrogen (secondary N) is 1. The molecule has 0 radical (unpaired) electrons. The molecule has 0 spiro atoms. The van der Waals surface area contributed by atoms with E-state index in [1.54, 1.807) is 0 Å². The van der Waals surface area contributed by atoms with E-state index in [9.17, 15) is 4.79 Å². The Bertz CT molecular complexity index is 317. The van der Waals surface area contributed by atoms with Crippen molar-refractivity contribution in [3.8, 4) is 0 Å². The molecule has 1 aliphatic heterocycles. The Hall–Kier alpha value is -0.570. The molecule has 108 valence electrons. The van der Waals surface area contributed by atoms with E-state index in [-0.39, 0.29) is 0 Å². The number of carbonyl (C=O) groups is 1. The van der Waals surface area contributed by atoms with Crippen molar-refractivity contribution in [1.29, 1.82) is 0 Å². The van der Waals surface area contributed by atoms with Crippen molar-refractivity contribution in [2.45, 2.75) is 64.5 Å².